The van der Waals surface area contributed by atoms with Gasteiger partial charge in [0.25, 0.3) is 0 Å². The van der Waals surface area contributed by atoms with Gasteiger partial charge in [-0.1, -0.05) is 0 Å². The van der Waals surface area contributed by atoms with Crippen molar-refractivity contribution in [2.75, 3.05) is 0 Å². The van der Waals surface area contributed by atoms with Crippen molar-refractivity contribution in [2.24, 2.45) is 0 Å². The molecule has 1 aromatic heterocycles. The standard InChI is InChI=1S/C11H6F2N2O4/c12-6-2-7(13)5(10(16)17)1-4(6)8-3-9(11(18)19)15-14-8/h1-3H,(H,14,15)(H,16,17)(H,18,19). The van der Waals surface area contributed by atoms with Crippen LogP contribution in [0.5, 0.6) is 0 Å². The van der Waals surface area contributed by atoms with Crippen LogP contribution in [-0.4, -0.2) is 32.3 Å². The zero-order valence-corrected chi connectivity index (χ0v) is 9.15. The molecule has 1 aromatic carbocycles. The van der Waals surface area contributed by atoms with Crippen molar-refractivity contribution in [3.63, 3.8) is 0 Å². The summed E-state index contributed by atoms with van der Waals surface area (Å²) < 4.78 is 26.7. The lowest BCUT2D eigenvalue weighted by Crippen LogP contribution is -2.02. The molecular weight excluding hydrogens is 262 g/mol. The second-order valence-electron chi connectivity index (χ2n) is 3.59. The van der Waals surface area contributed by atoms with E-state index in [4.69, 9.17) is 10.2 Å². The maximum absolute atomic E-state index is 13.6. The van der Waals surface area contributed by atoms with Crippen LogP contribution < -0.4 is 0 Å². The molecule has 0 atom stereocenters. The summed E-state index contributed by atoms with van der Waals surface area (Å²) in [7, 11) is 0. The molecule has 2 aromatic rings. The summed E-state index contributed by atoms with van der Waals surface area (Å²) in [5, 5.41) is 23.1. The van der Waals surface area contributed by atoms with E-state index in [9.17, 15) is 18.4 Å². The number of nitrogens with zero attached hydrogens (tertiary/aromatic N) is 1. The van der Waals surface area contributed by atoms with E-state index in [0.717, 1.165) is 12.1 Å². The second kappa shape index (κ2) is 4.48. The van der Waals surface area contributed by atoms with Gasteiger partial charge < -0.3 is 10.2 Å². The third-order valence-corrected chi connectivity index (χ3v) is 2.37. The molecule has 0 saturated heterocycles. The van der Waals surface area contributed by atoms with Crippen LogP contribution in [0.15, 0.2) is 18.2 Å². The van der Waals surface area contributed by atoms with Crippen LogP contribution in [0.3, 0.4) is 0 Å². The molecule has 0 aliphatic carbocycles. The number of nitrogens with one attached hydrogen (secondary N) is 1. The Balaban J connectivity index is 2.57. The molecule has 19 heavy (non-hydrogen) atoms. The number of aromatic carboxylic acids is 2. The zero-order valence-electron chi connectivity index (χ0n) is 9.15. The Morgan fingerprint density at radius 1 is 1.05 bits per heavy atom. The van der Waals surface area contributed by atoms with Gasteiger partial charge in [0.05, 0.1) is 11.3 Å². The molecule has 98 valence electrons. The molecule has 0 unspecified atom stereocenters. The normalized spacial score (nSPS) is 10.4. The van der Waals surface area contributed by atoms with Gasteiger partial charge in [0.1, 0.15) is 17.3 Å². The van der Waals surface area contributed by atoms with Crippen LogP contribution in [0.2, 0.25) is 0 Å². The van der Waals surface area contributed by atoms with Gasteiger partial charge in [0.15, 0.2) is 0 Å². The molecule has 1 heterocycles. The molecular formula is C11H6F2N2O4. The first-order valence-electron chi connectivity index (χ1n) is 4.91. The summed E-state index contributed by atoms with van der Waals surface area (Å²) in [5.74, 6) is -5.12. The van der Waals surface area contributed by atoms with Gasteiger partial charge in [0.2, 0.25) is 0 Å². The average molecular weight is 268 g/mol. The van der Waals surface area contributed by atoms with Gasteiger partial charge in [-0.2, -0.15) is 5.10 Å². The Kier molecular flexibility index (Phi) is 2.99. The van der Waals surface area contributed by atoms with Crippen LogP contribution in [0.4, 0.5) is 8.78 Å². The van der Waals surface area contributed by atoms with Crippen LogP contribution in [0.25, 0.3) is 11.3 Å². The van der Waals surface area contributed by atoms with Gasteiger partial charge in [-0.05, 0) is 12.1 Å². The van der Waals surface area contributed by atoms with Gasteiger partial charge in [0, 0.05) is 11.6 Å². The molecule has 0 radical (unpaired) electrons. The lowest BCUT2D eigenvalue weighted by molar-refractivity contribution is 0.0680. The first-order chi connectivity index (χ1) is 8.90. The van der Waals surface area contributed by atoms with Crippen molar-refractivity contribution in [3.8, 4) is 11.3 Å². The summed E-state index contributed by atoms with van der Waals surface area (Å²) >= 11 is 0. The molecule has 0 saturated carbocycles. The summed E-state index contributed by atoms with van der Waals surface area (Å²) in [6.45, 7) is 0. The van der Waals surface area contributed by atoms with Gasteiger partial charge in [-0.15, -0.1) is 0 Å². The maximum atomic E-state index is 13.6. The number of hydrogen-bond donors (Lipinski definition) is 3. The minimum absolute atomic E-state index is 0.127. The van der Waals surface area contributed by atoms with Crippen molar-refractivity contribution < 1.29 is 28.6 Å². The first kappa shape index (κ1) is 12.7. The molecule has 0 aliphatic heterocycles. The lowest BCUT2D eigenvalue weighted by Gasteiger charge is -2.02. The zero-order chi connectivity index (χ0) is 14.2. The van der Waals surface area contributed by atoms with Crippen LogP contribution >= 0.6 is 0 Å². The van der Waals surface area contributed by atoms with Crippen molar-refractivity contribution in [1.82, 2.24) is 10.2 Å². The number of aromatic nitrogens is 2. The third-order valence-electron chi connectivity index (χ3n) is 2.37. The van der Waals surface area contributed by atoms with Crippen LogP contribution in [0.1, 0.15) is 20.8 Å². The molecule has 0 amide bonds. The summed E-state index contributed by atoms with van der Waals surface area (Å²) in [5.41, 5.74) is -1.45. The summed E-state index contributed by atoms with van der Waals surface area (Å²) in [4.78, 5) is 21.4. The number of hydrogen-bond acceptors (Lipinski definition) is 3. The molecule has 6 nitrogen and oxygen atoms in total. The number of benzene rings is 1. The molecule has 8 heteroatoms. The molecule has 0 aliphatic rings. The first-order valence-corrected chi connectivity index (χ1v) is 4.91. The number of rotatable bonds is 3. The number of carbonyl (C=O) groups is 2. The third kappa shape index (κ3) is 2.28. The highest BCUT2D eigenvalue weighted by atomic mass is 19.1. The van der Waals surface area contributed by atoms with Crippen molar-refractivity contribution in [2.45, 2.75) is 0 Å². The highest BCUT2D eigenvalue weighted by molar-refractivity contribution is 5.90. The number of carboxylic acids is 2. The smallest absolute Gasteiger partial charge is 0.353 e. The Labute approximate surface area is 104 Å². The van der Waals surface area contributed by atoms with Gasteiger partial charge in [-0.25, -0.2) is 18.4 Å². The highest BCUT2D eigenvalue weighted by Gasteiger charge is 2.18. The number of halogens is 2. The van der Waals surface area contributed by atoms with Crippen molar-refractivity contribution in [1.29, 1.82) is 0 Å². The predicted molar refractivity (Wildman–Crippen MR) is 57.9 cm³/mol. The molecule has 3 N–H and O–H groups in total. The van der Waals surface area contributed by atoms with Crippen molar-refractivity contribution >= 4 is 11.9 Å². The Morgan fingerprint density at radius 2 is 1.74 bits per heavy atom. The molecule has 0 spiro atoms. The maximum Gasteiger partial charge on any atom is 0.353 e. The van der Waals surface area contributed by atoms with Gasteiger partial charge >= 0.3 is 11.9 Å². The van der Waals surface area contributed by atoms with Crippen LogP contribution in [0, 0.1) is 11.6 Å². The van der Waals surface area contributed by atoms with E-state index in [1.807, 2.05) is 0 Å². The monoisotopic (exact) mass is 268 g/mol. The fraction of sp³-hybridized carbons (Fsp3) is 0. The summed E-state index contributed by atoms with van der Waals surface area (Å²) in [6, 6.07) is 2.19. The van der Waals surface area contributed by atoms with Gasteiger partial charge in [-0.3, -0.25) is 5.10 Å². The van der Waals surface area contributed by atoms with Crippen molar-refractivity contribution in [3.05, 3.63) is 41.1 Å². The molecule has 2 rings (SSSR count). The van der Waals surface area contributed by atoms with E-state index in [-0.39, 0.29) is 17.0 Å². The summed E-state index contributed by atoms with van der Waals surface area (Å²) in [6.07, 6.45) is 0. The van der Waals surface area contributed by atoms with E-state index in [0.29, 0.717) is 6.07 Å². The van der Waals surface area contributed by atoms with E-state index < -0.39 is 29.1 Å². The fourth-order valence-corrected chi connectivity index (χ4v) is 1.48. The number of H-pyrrole nitrogens is 1. The largest absolute Gasteiger partial charge is 0.478 e. The van der Waals surface area contributed by atoms with E-state index in [1.165, 1.54) is 0 Å². The molecule has 0 bridgehead atoms. The SMILES string of the molecule is O=C(O)c1cc(-c2cc(C(=O)O)c(F)cc2F)n[nH]1. The minimum Gasteiger partial charge on any atom is -0.478 e. The lowest BCUT2D eigenvalue weighted by atomic mass is 10.1. The highest BCUT2D eigenvalue weighted by Crippen LogP contribution is 2.24. The predicted octanol–water partition coefficient (Wildman–Crippen LogP) is 1.75. The Bertz CT molecular complexity index is 681. The quantitative estimate of drug-likeness (QED) is 0.786. The number of aromatic amines is 1. The second-order valence-corrected chi connectivity index (χ2v) is 3.59. The Morgan fingerprint density at radius 3 is 2.26 bits per heavy atom. The molecule has 0 fully saturated rings. The Hall–Kier alpha value is -2.77. The van der Waals surface area contributed by atoms with E-state index in [1.54, 1.807) is 0 Å². The van der Waals surface area contributed by atoms with Crippen LogP contribution in [-0.2, 0) is 0 Å². The minimum atomic E-state index is -1.56. The van der Waals surface area contributed by atoms with E-state index >= 15 is 0 Å². The van der Waals surface area contributed by atoms with E-state index in [2.05, 4.69) is 10.2 Å². The number of carboxylic acid groups (broad SMARTS) is 2. The average Bonchev–Trinajstić information content (AvgIpc) is 2.77. The topological polar surface area (TPSA) is 103 Å². The fourth-order valence-electron chi connectivity index (χ4n) is 1.48.